The maximum atomic E-state index is 14.3. The lowest BCUT2D eigenvalue weighted by molar-refractivity contribution is -0.118. The summed E-state index contributed by atoms with van der Waals surface area (Å²) >= 11 is 0. The predicted octanol–water partition coefficient (Wildman–Crippen LogP) is 6.00. The van der Waals surface area contributed by atoms with Gasteiger partial charge in [-0.1, -0.05) is 42.5 Å². The number of hydrogen-bond acceptors (Lipinski definition) is 6. The molecular weight excluding hydrogens is 520 g/mol. The van der Waals surface area contributed by atoms with Gasteiger partial charge in [-0.15, -0.1) is 0 Å². The molecule has 8 nitrogen and oxygen atoms in total. The van der Waals surface area contributed by atoms with E-state index >= 15 is 0 Å². The van der Waals surface area contributed by atoms with E-state index in [-0.39, 0.29) is 24.0 Å². The van der Waals surface area contributed by atoms with Gasteiger partial charge in [-0.3, -0.25) is 14.5 Å². The van der Waals surface area contributed by atoms with Gasteiger partial charge in [0.05, 0.1) is 44.0 Å². The van der Waals surface area contributed by atoms with Gasteiger partial charge in [-0.25, -0.2) is 4.79 Å². The molecule has 1 aliphatic rings. The van der Waals surface area contributed by atoms with Crippen LogP contribution >= 0.6 is 0 Å². The standard InChI is InChI=1S/C33H30N2O6/c1-4-41-33(38)27-11-7-8-12-28(27)34-31(36)29-25-9-5-6-10-26(25)32(37)35(22-15-19-24(40-3)20-16-22)30(29)21-13-17-23(39-2)18-14-21/h5-20,29-30H,4H2,1-3H3,(H,34,36)/t29-,30-/m1/s1. The fourth-order valence-electron chi connectivity index (χ4n) is 5.18. The Morgan fingerprint density at radius 3 is 2.07 bits per heavy atom. The molecule has 5 rings (SSSR count). The summed E-state index contributed by atoms with van der Waals surface area (Å²) in [4.78, 5) is 42.7. The number of nitrogens with zero attached hydrogens (tertiary/aromatic N) is 1. The van der Waals surface area contributed by atoms with Crippen molar-refractivity contribution in [3.63, 3.8) is 0 Å². The molecule has 2 atom stereocenters. The topological polar surface area (TPSA) is 94.2 Å². The van der Waals surface area contributed by atoms with E-state index in [4.69, 9.17) is 14.2 Å². The van der Waals surface area contributed by atoms with Crippen LogP contribution in [-0.4, -0.2) is 38.6 Å². The number of anilines is 2. The SMILES string of the molecule is CCOC(=O)c1ccccc1NC(=O)[C@@H]1c2ccccc2C(=O)N(c2ccc(OC)cc2)[C@@H]1c1ccc(OC)cc1. The molecule has 0 aromatic heterocycles. The number of benzene rings is 4. The van der Waals surface area contributed by atoms with Crippen LogP contribution < -0.4 is 19.7 Å². The molecule has 4 aromatic rings. The van der Waals surface area contributed by atoms with Crippen LogP contribution in [-0.2, 0) is 9.53 Å². The summed E-state index contributed by atoms with van der Waals surface area (Å²) < 4.78 is 15.9. The van der Waals surface area contributed by atoms with E-state index < -0.39 is 17.9 Å². The van der Waals surface area contributed by atoms with Crippen molar-refractivity contribution in [2.45, 2.75) is 18.9 Å². The van der Waals surface area contributed by atoms with Crippen molar-refractivity contribution in [3.05, 3.63) is 119 Å². The molecule has 0 fully saturated rings. The van der Waals surface area contributed by atoms with Gasteiger partial charge in [0.25, 0.3) is 5.91 Å². The lowest BCUT2D eigenvalue weighted by Crippen LogP contribution is -2.46. The van der Waals surface area contributed by atoms with Gasteiger partial charge in [0.15, 0.2) is 0 Å². The van der Waals surface area contributed by atoms with Gasteiger partial charge in [0.2, 0.25) is 5.91 Å². The number of fused-ring (bicyclic) bond motifs is 1. The van der Waals surface area contributed by atoms with Crippen molar-refractivity contribution in [1.82, 2.24) is 0 Å². The summed E-state index contributed by atoms with van der Waals surface area (Å²) in [5.41, 5.74) is 2.94. The highest BCUT2D eigenvalue weighted by Crippen LogP contribution is 2.46. The maximum Gasteiger partial charge on any atom is 0.340 e. The minimum atomic E-state index is -0.824. The largest absolute Gasteiger partial charge is 0.497 e. The highest BCUT2D eigenvalue weighted by Gasteiger charge is 2.45. The number of methoxy groups -OCH3 is 2. The fraction of sp³-hybridized carbons (Fsp3) is 0.182. The number of esters is 1. The highest BCUT2D eigenvalue weighted by molar-refractivity contribution is 6.13. The van der Waals surface area contributed by atoms with Gasteiger partial charge < -0.3 is 19.5 Å². The van der Waals surface area contributed by atoms with Crippen LogP contribution in [0.15, 0.2) is 97.1 Å². The number of para-hydroxylation sites is 1. The number of amides is 2. The van der Waals surface area contributed by atoms with E-state index in [1.54, 1.807) is 105 Å². The fourth-order valence-corrected chi connectivity index (χ4v) is 5.18. The molecule has 1 aliphatic heterocycles. The molecule has 1 heterocycles. The number of nitrogens with one attached hydrogen (secondary N) is 1. The molecule has 8 heteroatoms. The molecule has 0 spiro atoms. The Balaban J connectivity index is 1.66. The Morgan fingerprint density at radius 1 is 0.805 bits per heavy atom. The Bertz CT molecular complexity index is 1570. The second-order valence-electron chi connectivity index (χ2n) is 9.41. The molecule has 0 unspecified atom stereocenters. The third-order valence-corrected chi connectivity index (χ3v) is 7.11. The van der Waals surface area contributed by atoms with Crippen LogP contribution in [0, 0.1) is 0 Å². The second kappa shape index (κ2) is 12.0. The maximum absolute atomic E-state index is 14.3. The Kier molecular flexibility index (Phi) is 8.01. The Hall–Kier alpha value is -5.11. The van der Waals surface area contributed by atoms with Crippen molar-refractivity contribution in [3.8, 4) is 11.5 Å². The zero-order valence-electron chi connectivity index (χ0n) is 23.0. The van der Waals surface area contributed by atoms with E-state index in [1.807, 2.05) is 18.2 Å². The molecule has 208 valence electrons. The first kappa shape index (κ1) is 27.5. The molecule has 0 aliphatic carbocycles. The summed E-state index contributed by atoms with van der Waals surface area (Å²) in [6, 6.07) is 27.6. The molecular formula is C33H30N2O6. The minimum Gasteiger partial charge on any atom is -0.497 e. The van der Waals surface area contributed by atoms with Crippen molar-refractivity contribution < 1.29 is 28.6 Å². The summed E-state index contributed by atoms with van der Waals surface area (Å²) in [7, 11) is 3.16. The number of ether oxygens (including phenoxy) is 3. The normalized spacial score (nSPS) is 16.0. The average molecular weight is 551 g/mol. The highest BCUT2D eigenvalue weighted by atomic mass is 16.5. The van der Waals surface area contributed by atoms with Crippen LogP contribution in [0.5, 0.6) is 11.5 Å². The molecule has 2 amide bonds. The van der Waals surface area contributed by atoms with Crippen molar-refractivity contribution in [1.29, 1.82) is 0 Å². The Morgan fingerprint density at radius 2 is 1.41 bits per heavy atom. The molecule has 0 radical (unpaired) electrons. The van der Waals surface area contributed by atoms with E-state index in [0.29, 0.717) is 34.0 Å². The smallest absolute Gasteiger partial charge is 0.340 e. The Labute approximate surface area is 238 Å². The zero-order valence-corrected chi connectivity index (χ0v) is 23.0. The first-order valence-electron chi connectivity index (χ1n) is 13.2. The van der Waals surface area contributed by atoms with Crippen molar-refractivity contribution >= 4 is 29.2 Å². The average Bonchev–Trinajstić information content (AvgIpc) is 3.01. The molecule has 0 saturated carbocycles. The lowest BCUT2D eigenvalue weighted by Gasteiger charge is -2.42. The predicted molar refractivity (Wildman–Crippen MR) is 156 cm³/mol. The van der Waals surface area contributed by atoms with E-state index in [2.05, 4.69) is 5.32 Å². The molecule has 41 heavy (non-hydrogen) atoms. The first-order chi connectivity index (χ1) is 20.0. The van der Waals surface area contributed by atoms with Gasteiger partial charge in [-0.05, 0) is 72.6 Å². The van der Waals surface area contributed by atoms with Gasteiger partial charge in [0, 0.05) is 11.3 Å². The van der Waals surface area contributed by atoms with E-state index in [9.17, 15) is 14.4 Å². The van der Waals surface area contributed by atoms with Gasteiger partial charge in [0.1, 0.15) is 11.5 Å². The second-order valence-corrected chi connectivity index (χ2v) is 9.41. The minimum absolute atomic E-state index is 0.204. The summed E-state index contributed by atoms with van der Waals surface area (Å²) in [6.45, 7) is 1.93. The molecule has 4 aromatic carbocycles. The quantitative estimate of drug-likeness (QED) is 0.270. The number of carbonyl (C=O) groups is 3. The van der Waals surface area contributed by atoms with Crippen molar-refractivity contribution in [2.24, 2.45) is 0 Å². The van der Waals surface area contributed by atoms with Crippen LogP contribution in [0.4, 0.5) is 11.4 Å². The monoisotopic (exact) mass is 550 g/mol. The van der Waals surface area contributed by atoms with Crippen LogP contribution in [0.3, 0.4) is 0 Å². The molecule has 1 N–H and O–H groups in total. The van der Waals surface area contributed by atoms with E-state index in [0.717, 1.165) is 5.56 Å². The van der Waals surface area contributed by atoms with Crippen molar-refractivity contribution in [2.75, 3.05) is 31.0 Å². The van der Waals surface area contributed by atoms with Crippen LogP contribution in [0.1, 0.15) is 50.7 Å². The molecule has 0 bridgehead atoms. The molecule has 0 saturated heterocycles. The zero-order chi connectivity index (χ0) is 28.9. The number of rotatable bonds is 8. The number of hydrogen-bond donors (Lipinski definition) is 1. The van der Waals surface area contributed by atoms with E-state index in [1.165, 1.54) is 0 Å². The first-order valence-corrected chi connectivity index (χ1v) is 13.2. The van der Waals surface area contributed by atoms with Crippen LogP contribution in [0.25, 0.3) is 0 Å². The summed E-state index contributed by atoms with van der Waals surface area (Å²) in [5.74, 6) is -0.673. The summed E-state index contributed by atoms with van der Waals surface area (Å²) in [5, 5.41) is 2.97. The third kappa shape index (κ3) is 5.36. The summed E-state index contributed by atoms with van der Waals surface area (Å²) in [6.07, 6.45) is 0. The lowest BCUT2D eigenvalue weighted by atomic mass is 9.78. The van der Waals surface area contributed by atoms with Gasteiger partial charge >= 0.3 is 5.97 Å². The third-order valence-electron chi connectivity index (χ3n) is 7.11. The van der Waals surface area contributed by atoms with Gasteiger partial charge in [-0.2, -0.15) is 0 Å². The number of carbonyl (C=O) groups excluding carboxylic acids is 3. The van der Waals surface area contributed by atoms with Crippen LogP contribution in [0.2, 0.25) is 0 Å².